The Balaban J connectivity index is 0.000000246. The molecule has 0 amide bonds. The van der Waals surface area contributed by atoms with Crippen LogP contribution in [0.5, 0.6) is 0 Å². The summed E-state index contributed by atoms with van der Waals surface area (Å²) in [6, 6.07) is 32.2. The molecule has 165 valence electrons. The molecule has 0 atom stereocenters. The van der Waals surface area contributed by atoms with Crippen LogP contribution in [0.15, 0.2) is 109 Å². The smallest absolute Gasteiger partial charge is 0.119 e. The largest absolute Gasteiger partial charge is 0.542 e. The van der Waals surface area contributed by atoms with Gasteiger partial charge in [-0.2, -0.15) is 6.42 Å². The fourth-order valence-corrected chi connectivity index (χ4v) is 2.54. The summed E-state index contributed by atoms with van der Waals surface area (Å²) in [7, 11) is 0. The van der Waals surface area contributed by atoms with Crippen LogP contribution in [0.2, 0.25) is 0 Å². The first kappa shape index (κ1) is 26.8. The third-order valence-electron chi connectivity index (χ3n) is 4.07. The Kier molecular flexibility index (Phi) is 14.6. The van der Waals surface area contributed by atoms with E-state index >= 15 is 0 Å². The third-order valence-corrected chi connectivity index (χ3v) is 4.07. The molecule has 0 saturated carbocycles. The molecule has 0 aliphatic carbocycles. The number of nitrogens with zero attached hydrogens (tertiary/aromatic N) is 2. The zero-order valence-electron chi connectivity index (χ0n) is 17.6. The summed E-state index contributed by atoms with van der Waals surface area (Å²) in [5.74, 6) is 0. The van der Waals surface area contributed by atoms with Crippen LogP contribution in [-0.4, -0.2) is 22.5 Å². The van der Waals surface area contributed by atoms with Gasteiger partial charge in [0.05, 0.1) is 11.4 Å². The summed E-state index contributed by atoms with van der Waals surface area (Å²) in [5, 5.41) is 0. The van der Waals surface area contributed by atoms with E-state index in [-0.39, 0.29) is 20.1 Å². The molecule has 0 aliphatic heterocycles. The Hall–Kier alpha value is -3.27. The van der Waals surface area contributed by atoms with E-state index in [0.29, 0.717) is 19.3 Å². The van der Waals surface area contributed by atoms with Crippen molar-refractivity contribution in [3.8, 4) is 22.5 Å². The Morgan fingerprint density at radius 3 is 1.44 bits per heavy atom. The number of aldehydes is 1. The van der Waals surface area contributed by atoms with Crippen molar-refractivity contribution in [1.29, 1.82) is 0 Å². The first-order chi connectivity index (χ1) is 15.3. The first-order valence-corrected chi connectivity index (χ1v) is 10.1. The number of pyridine rings is 2. The van der Waals surface area contributed by atoms with E-state index in [4.69, 9.17) is 0 Å². The molecule has 2 aromatic heterocycles. The third kappa shape index (κ3) is 10.7. The Morgan fingerprint density at radius 2 is 1.09 bits per heavy atom. The van der Waals surface area contributed by atoms with Crippen LogP contribution in [0.1, 0.15) is 19.3 Å². The molecule has 4 nitrogen and oxygen atoms in total. The van der Waals surface area contributed by atoms with Gasteiger partial charge >= 0.3 is 0 Å². The van der Waals surface area contributed by atoms with Gasteiger partial charge in [-0.1, -0.05) is 79.2 Å². The van der Waals surface area contributed by atoms with Crippen LogP contribution in [0.25, 0.3) is 22.5 Å². The molecule has 4 rings (SSSR count). The van der Waals surface area contributed by atoms with Crippen molar-refractivity contribution in [2.45, 2.75) is 19.3 Å². The van der Waals surface area contributed by atoms with E-state index in [2.05, 4.69) is 34.2 Å². The van der Waals surface area contributed by atoms with Gasteiger partial charge in [-0.05, 0) is 24.3 Å². The SMILES string of the molecule is O=[C-]CCCC=O.[Ir].c1ccc(-c2ccccn2)cc1.c1ccc(-c2ccccn2)cc1. The molecule has 1 radical (unpaired) electrons. The van der Waals surface area contributed by atoms with Gasteiger partial charge in [-0.25, -0.2) is 0 Å². The van der Waals surface area contributed by atoms with Gasteiger partial charge in [-0.15, -0.1) is 0 Å². The van der Waals surface area contributed by atoms with E-state index in [1.807, 2.05) is 85.2 Å². The van der Waals surface area contributed by atoms with Crippen LogP contribution in [0.4, 0.5) is 0 Å². The van der Waals surface area contributed by atoms with E-state index in [0.717, 1.165) is 28.8 Å². The van der Waals surface area contributed by atoms with Crippen molar-refractivity contribution in [3.05, 3.63) is 109 Å². The maximum Gasteiger partial charge on any atom is 0.119 e. The predicted molar refractivity (Wildman–Crippen MR) is 125 cm³/mol. The molecule has 2 heterocycles. The molecular weight excluding hydrogens is 577 g/mol. The molecule has 4 aromatic rings. The van der Waals surface area contributed by atoms with Crippen molar-refractivity contribution in [3.63, 3.8) is 0 Å². The molecule has 0 unspecified atom stereocenters. The van der Waals surface area contributed by atoms with Gasteiger partial charge in [0.1, 0.15) is 6.29 Å². The molecule has 0 aliphatic rings. The van der Waals surface area contributed by atoms with Crippen molar-refractivity contribution in [2.24, 2.45) is 0 Å². The first-order valence-electron chi connectivity index (χ1n) is 10.1. The quantitative estimate of drug-likeness (QED) is 0.156. The maximum atomic E-state index is 9.55. The fourth-order valence-electron chi connectivity index (χ4n) is 2.54. The summed E-state index contributed by atoms with van der Waals surface area (Å²) in [4.78, 5) is 27.5. The number of hydrogen-bond donors (Lipinski definition) is 0. The van der Waals surface area contributed by atoms with E-state index in [1.54, 1.807) is 6.29 Å². The zero-order chi connectivity index (χ0) is 22.0. The van der Waals surface area contributed by atoms with Crippen LogP contribution >= 0.6 is 0 Å². The molecule has 0 spiro atoms. The standard InChI is InChI=1S/2C11H9N.C5H7O2.Ir/c2*1-2-6-10(7-3-1)11-8-4-5-9-12-11;6-4-2-1-3-5-7;/h2*1-9H;4H,1-3H2;/q;;-1;. The van der Waals surface area contributed by atoms with Crippen LogP contribution in [-0.2, 0) is 29.7 Å². The second-order valence-corrected chi connectivity index (χ2v) is 6.37. The molecule has 2 aromatic carbocycles. The Labute approximate surface area is 203 Å². The Morgan fingerprint density at radius 1 is 0.656 bits per heavy atom. The Bertz CT molecular complexity index is 825. The monoisotopic (exact) mass is 602 g/mol. The van der Waals surface area contributed by atoms with Crippen LogP contribution in [0.3, 0.4) is 0 Å². The number of carbonyl (C=O) groups excluding carboxylic acids is 2. The minimum atomic E-state index is 0. The summed E-state index contributed by atoms with van der Waals surface area (Å²) >= 11 is 0. The molecule has 0 fully saturated rings. The van der Waals surface area contributed by atoms with E-state index in [9.17, 15) is 9.59 Å². The van der Waals surface area contributed by atoms with Gasteiger partial charge in [0.25, 0.3) is 0 Å². The average Bonchev–Trinajstić information content (AvgIpc) is 2.87. The number of unbranched alkanes of at least 4 members (excludes halogenated alkanes) is 2. The molecule has 0 saturated heterocycles. The fraction of sp³-hybridized carbons (Fsp3) is 0.111. The molecule has 32 heavy (non-hydrogen) atoms. The maximum absolute atomic E-state index is 9.55. The van der Waals surface area contributed by atoms with Crippen LogP contribution < -0.4 is 0 Å². The molecular formula is C27H25IrN2O2-. The van der Waals surface area contributed by atoms with Crippen LogP contribution in [0, 0.1) is 0 Å². The van der Waals surface area contributed by atoms with Gasteiger partial charge < -0.3 is 9.59 Å². The summed E-state index contributed by atoms with van der Waals surface area (Å²) in [5.41, 5.74) is 4.38. The number of aromatic nitrogens is 2. The van der Waals surface area contributed by atoms with E-state index in [1.165, 1.54) is 0 Å². The second-order valence-electron chi connectivity index (χ2n) is 6.37. The summed E-state index contributed by atoms with van der Waals surface area (Å²) in [6.45, 7) is 0. The van der Waals surface area contributed by atoms with Crippen molar-refractivity contribution in [2.75, 3.05) is 0 Å². The van der Waals surface area contributed by atoms with E-state index < -0.39 is 0 Å². The van der Waals surface area contributed by atoms with Gasteiger partial charge in [-0.3, -0.25) is 16.3 Å². The molecule has 5 heteroatoms. The topological polar surface area (TPSA) is 59.9 Å². The summed E-state index contributed by atoms with van der Waals surface area (Å²) in [6.07, 6.45) is 7.63. The predicted octanol–water partition coefficient (Wildman–Crippen LogP) is 5.96. The van der Waals surface area contributed by atoms with Gasteiger partial charge in [0.2, 0.25) is 0 Å². The van der Waals surface area contributed by atoms with Crippen molar-refractivity contribution >= 4 is 12.6 Å². The van der Waals surface area contributed by atoms with Crippen molar-refractivity contribution < 1.29 is 29.7 Å². The van der Waals surface area contributed by atoms with Crippen molar-refractivity contribution in [1.82, 2.24) is 9.97 Å². The number of hydrogen-bond acceptors (Lipinski definition) is 4. The second kappa shape index (κ2) is 17.4. The zero-order valence-corrected chi connectivity index (χ0v) is 20.0. The number of carbonyl (C=O) groups is 1. The molecule has 0 N–H and O–H groups in total. The minimum Gasteiger partial charge on any atom is -0.542 e. The number of benzene rings is 2. The number of rotatable bonds is 6. The minimum absolute atomic E-state index is 0. The molecule has 0 bridgehead atoms. The van der Waals surface area contributed by atoms with Gasteiger partial charge in [0.15, 0.2) is 0 Å². The summed E-state index contributed by atoms with van der Waals surface area (Å²) < 4.78 is 0. The normalized spacial score (nSPS) is 9.00. The van der Waals surface area contributed by atoms with Gasteiger partial charge in [0, 0.05) is 50.0 Å². The average molecular weight is 602 g/mol.